The number of hydrogen-bond acceptors (Lipinski definition) is 4. The number of alkyl halides is 1. The second kappa shape index (κ2) is 10.3. The minimum atomic E-state index is -1.10. The predicted octanol–water partition coefficient (Wildman–Crippen LogP) is 5.10. The van der Waals surface area contributed by atoms with Crippen molar-refractivity contribution < 1.29 is 23.5 Å². The average Bonchev–Trinajstić information content (AvgIpc) is 2.87. The fraction of sp³-hybridized carbons (Fsp3) is 0.222. The van der Waals surface area contributed by atoms with Gasteiger partial charge in [0.2, 0.25) is 0 Å². The number of nitrogens with zero attached hydrogens (tertiary/aromatic N) is 1. The molecule has 0 fully saturated rings. The van der Waals surface area contributed by atoms with E-state index in [1.54, 1.807) is 63.4 Å². The van der Waals surface area contributed by atoms with Gasteiger partial charge in [-0.05, 0) is 66.9 Å². The lowest BCUT2D eigenvalue weighted by Gasteiger charge is -2.32. The van der Waals surface area contributed by atoms with Crippen LogP contribution in [0.15, 0.2) is 72.8 Å². The zero-order valence-corrected chi connectivity index (χ0v) is 19.6. The molecule has 3 rings (SSSR count). The van der Waals surface area contributed by atoms with Gasteiger partial charge in [-0.3, -0.25) is 9.59 Å². The van der Waals surface area contributed by atoms with Crippen molar-refractivity contribution in [3.63, 3.8) is 0 Å². The van der Waals surface area contributed by atoms with Crippen molar-refractivity contribution in [1.29, 1.82) is 0 Å². The number of carbonyl (C=O) groups excluding carboxylic acids is 3. The van der Waals surface area contributed by atoms with E-state index in [-0.39, 0.29) is 11.8 Å². The first-order valence-electron chi connectivity index (χ1n) is 10.7. The van der Waals surface area contributed by atoms with E-state index in [0.717, 1.165) is 11.1 Å². The lowest BCUT2D eigenvalue weighted by molar-refractivity contribution is -0.150. The maximum Gasteiger partial charge on any atom is 0.331 e. The van der Waals surface area contributed by atoms with Gasteiger partial charge in [0.05, 0.1) is 7.11 Å². The van der Waals surface area contributed by atoms with E-state index >= 15 is 0 Å². The maximum atomic E-state index is 12.8. The summed E-state index contributed by atoms with van der Waals surface area (Å²) in [7, 11) is 2.85. The first-order valence-corrected chi connectivity index (χ1v) is 10.7. The number of likely N-dealkylation sites (N-methyl/N-ethyl adjacent to an activating group) is 1. The van der Waals surface area contributed by atoms with E-state index in [1.807, 2.05) is 24.3 Å². The SMILES string of the molecule is COC(=O)C(C)(C)N(C)C(=O)c1ccc(-c2ccc(NC(=O)c3cccc(CF)c3)cc2)cc1. The van der Waals surface area contributed by atoms with E-state index < -0.39 is 18.2 Å². The highest BCUT2D eigenvalue weighted by Crippen LogP contribution is 2.24. The zero-order chi connectivity index (χ0) is 24.9. The minimum absolute atomic E-state index is 0.295. The molecule has 7 heteroatoms. The van der Waals surface area contributed by atoms with Crippen LogP contribution in [-0.4, -0.2) is 42.4 Å². The quantitative estimate of drug-likeness (QED) is 0.496. The van der Waals surface area contributed by atoms with Crippen LogP contribution in [0.2, 0.25) is 0 Å². The molecule has 3 aromatic carbocycles. The molecule has 0 spiro atoms. The Morgan fingerprint density at radius 1 is 0.912 bits per heavy atom. The second-order valence-corrected chi connectivity index (χ2v) is 8.36. The van der Waals surface area contributed by atoms with E-state index in [2.05, 4.69) is 5.32 Å². The lowest BCUT2D eigenvalue weighted by Crippen LogP contribution is -2.51. The fourth-order valence-electron chi connectivity index (χ4n) is 3.38. The van der Waals surface area contributed by atoms with Crippen LogP contribution in [0.3, 0.4) is 0 Å². The van der Waals surface area contributed by atoms with Crippen LogP contribution in [0.1, 0.15) is 40.1 Å². The van der Waals surface area contributed by atoms with Crippen molar-refractivity contribution in [2.75, 3.05) is 19.5 Å². The molecular formula is C27H27FN2O4. The highest BCUT2D eigenvalue weighted by Gasteiger charge is 2.36. The van der Waals surface area contributed by atoms with Crippen molar-refractivity contribution >= 4 is 23.5 Å². The highest BCUT2D eigenvalue weighted by molar-refractivity contribution is 6.04. The number of ether oxygens (including phenoxy) is 1. The van der Waals surface area contributed by atoms with Crippen LogP contribution in [-0.2, 0) is 16.2 Å². The van der Waals surface area contributed by atoms with E-state index in [0.29, 0.717) is 22.4 Å². The summed E-state index contributed by atoms with van der Waals surface area (Å²) in [5.74, 6) is -1.11. The van der Waals surface area contributed by atoms with E-state index in [9.17, 15) is 18.8 Å². The number of nitrogens with one attached hydrogen (secondary N) is 1. The first kappa shape index (κ1) is 24.6. The van der Waals surface area contributed by atoms with Crippen LogP contribution in [0, 0.1) is 0 Å². The summed E-state index contributed by atoms with van der Waals surface area (Å²) in [6, 6.07) is 20.8. The van der Waals surface area contributed by atoms with Gasteiger partial charge in [-0.2, -0.15) is 0 Å². The van der Waals surface area contributed by atoms with Gasteiger partial charge in [-0.25, -0.2) is 9.18 Å². The highest BCUT2D eigenvalue weighted by atomic mass is 19.1. The Labute approximate surface area is 198 Å². The number of carbonyl (C=O) groups is 3. The topological polar surface area (TPSA) is 75.7 Å². The molecule has 0 aliphatic carbocycles. The van der Waals surface area contributed by atoms with E-state index in [4.69, 9.17) is 4.74 Å². The molecule has 34 heavy (non-hydrogen) atoms. The molecule has 0 bridgehead atoms. The van der Waals surface area contributed by atoms with Crippen LogP contribution >= 0.6 is 0 Å². The minimum Gasteiger partial charge on any atom is -0.467 e. The molecule has 1 N–H and O–H groups in total. The number of benzene rings is 3. The molecule has 0 radical (unpaired) electrons. The molecular weight excluding hydrogens is 435 g/mol. The van der Waals surface area contributed by atoms with Crippen LogP contribution < -0.4 is 5.32 Å². The van der Waals surface area contributed by atoms with Crippen molar-refractivity contribution in [1.82, 2.24) is 4.90 Å². The maximum absolute atomic E-state index is 12.8. The third-order valence-electron chi connectivity index (χ3n) is 5.78. The predicted molar refractivity (Wildman–Crippen MR) is 129 cm³/mol. The number of rotatable bonds is 7. The zero-order valence-electron chi connectivity index (χ0n) is 19.6. The standard InChI is InChI=1S/C27H27FN2O4/c1-27(2,26(33)34-4)30(3)25(32)21-10-8-19(9-11-21)20-12-14-23(15-13-20)29-24(31)22-7-5-6-18(16-22)17-28/h5-16H,17H2,1-4H3,(H,29,31). The molecule has 3 aromatic rings. The van der Waals surface area contributed by atoms with Crippen LogP contribution in [0.5, 0.6) is 0 Å². The number of amides is 2. The molecule has 176 valence electrons. The Morgan fingerprint density at radius 2 is 1.50 bits per heavy atom. The summed E-state index contributed by atoms with van der Waals surface area (Å²) < 4.78 is 17.6. The Bertz CT molecular complexity index is 1190. The summed E-state index contributed by atoms with van der Waals surface area (Å²) in [5, 5.41) is 2.80. The van der Waals surface area contributed by atoms with Crippen molar-refractivity contribution in [3.05, 3.63) is 89.5 Å². The lowest BCUT2D eigenvalue weighted by atomic mass is 10.0. The van der Waals surface area contributed by atoms with Gasteiger partial charge in [0.1, 0.15) is 12.2 Å². The number of esters is 1. The van der Waals surface area contributed by atoms with Gasteiger partial charge in [0.15, 0.2) is 0 Å². The molecule has 0 atom stereocenters. The van der Waals surface area contributed by atoms with Crippen molar-refractivity contribution in [2.24, 2.45) is 0 Å². The average molecular weight is 463 g/mol. The van der Waals surface area contributed by atoms with E-state index in [1.165, 1.54) is 18.1 Å². The third-order valence-corrected chi connectivity index (χ3v) is 5.78. The Balaban J connectivity index is 1.70. The van der Waals surface area contributed by atoms with Crippen molar-refractivity contribution in [3.8, 4) is 11.1 Å². The first-order chi connectivity index (χ1) is 16.2. The Morgan fingerprint density at radius 3 is 2.06 bits per heavy atom. The number of anilines is 1. The van der Waals surface area contributed by atoms with Gasteiger partial charge in [-0.15, -0.1) is 0 Å². The normalized spacial score (nSPS) is 11.0. The van der Waals surface area contributed by atoms with Gasteiger partial charge >= 0.3 is 5.97 Å². The molecule has 0 saturated heterocycles. The summed E-state index contributed by atoms with van der Waals surface area (Å²) >= 11 is 0. The monoisotopic (exact) mass is 462 g/mol. The summed E-state index contributed by atoms with van der Waals surface area (Å²) in [5.41, 5.74) is 2.59. The Kier molecular flexibility index (Phi) is 7.46. The molecule has 0 aliphatic rings. The summed E-state index contributed by atoms with van der Waals surface area (Å²) in [6.45, 7) is 2.63. The largest absolute Gasteiger partial charge is 0.467 e. The number of hydrogen-bond donors (Lipinski definition) is 1. The van der Waals surface area contributed by atoms with Gasteiger partial charge in [0.25, 0.3) is 11.8 Å². The van der Waals surface area contributed by atoms with Crippen LogP contribution in [0.25, 0.3) is 11.1 Å². The molecule has 2 amide bonds. The number of halogens is 1. The second-order valence-electron chi connectivity index (χ2n) is 8.36. The van der Waals surface area contributed by atoms with Crippen LogP contribution in [0.4, 0.5) is 10.1 Å². The molecule has 6 nitrogen and oxygen atoms in total. The summed E-state index contributed by atoms with van der Waals surface area (Å²) in [6.07, 6.45) is 0. The molecule has 0 unspecified atom stereocenters. The smallest absolute Gasteiger partial charge is 0.331 e. The molecule has 0 saturated carbocycles. The molecule has 0 aliphatic heterocycles. The van der Waals surface area contributed by atoms with Gasteiger partial charge in [0, 0.05) is 23.9 Å². The summed E-state index contributed by atoms with van der Waals surface area (Å²) in [4.78, 5) is 38.6. The molecule has 0 aromatic heterocycles. The van der Waals surface area contributed by atoms with Gasteiger partial charge < -0.3 is 15.0 Å². The molecule has 0 heterocycles. The third kappa shape index (κ3) is 5.31. The van der Waals surface area contributed by atoms with Gasteiger partial charge in [-0.1, -0.05) is 36.4 Å². The number of methoxy groups -OCH3 is 1. The van der Waals surface area contributed by atoms with Crippen molar-refractivity contribution in [2.45, 2.75) is 26.1 Å². The fourth-order valence-corrected chi connectivity index (χ4v) is 3.38. The Hall–Kier alpha value is -4.00.